The summed E-state index contributed by atoms with van der Waals surface area (Å²) in [5, 5.41) is 0.741. The molecule has 0 aliphatic rings. The quantitative estimate of drug-likeness (QED) is 0.729. The Balaban J connectivity index is 3.37. The van der Waals surface area contributed by atoms with Crippen LogP contribution < -0.4 is 4.74 Å². The summed E-state index contributed by atoms with van der Waals surface area (Å²) in [6.45, 7) is 3.20. The highest BCUT2D eigenvalue weighted by Crippen LogP contribution is 2.21. The molecule has 0 amide bonds. The summed E-state index contributed by atoms with van der Waals surface area (Å²) in [6, 6.07) is 3.13. The first-order valence-corrected chi connectivity index (χ1v) is 5.03. The van der Waals surface area contributed by atoms with Gasteiger partial charge in [0.1, 0.15) is 0 Å². The molecule has 0 bridgehead atoms. The summed E-state index contributed by atoms with van der Waals surface area (Å²) in [5.74, 6) is 0.224. The molecule has 5 heteroatoms. The van der Waals surface area contributed by atoms with E-state index in [0.717, 1.165) is 5.41 Å². The zero-order valence-electron chi connectivity index (χ0n) is 7.10. The first-order chi connectivity index (χ1) is 6.11. The van der Waals surface area contributed by atoms with Crippen LogP contribution in [-0.2, 0) is 9.84 Å². The Bertz CT molecular complexity index is 411. The van der Waals surface area contributed by atoms with Crippen LogP contribution in [0, 0.1) is 0 Å². The summed E-state index contributed by atoms with van der Waals surface area (Å²) in [4.78, 5) is 3.71. The molecular formula is C8H9NO3S. The predicted octanol–water partition coefficient (Wildman–Crippen LogP) is 1.01. The predicted molar refractivity (Wildman–Crippen MR) is 48.2 cm³/mol. The Kier molecular flexibility index (Phi) is 2.67. The van der Waals surface area contributed by atoms with Crippen molar-refractivity contribution < 1.29 is 13.2 Å². The average Bonchev–Trinajstić information content (AvgIpc) is 2.18. The summed E-state index contributed by atoms with van der Waals surface area (Å²) in [6.07, 6.45) is 1.39. The molecule has 0 aliphatic carbocycles. The summed E-state index contributed by atoms with van der Waals surface area (Å²) in [7, 11) is -2.13. The van der Waals surface area contributed by atoms with Gasteiger partial charge in [0.05, 0.1) is 7.11 Å². The van der Waals surface area contributed by atoms with E-state index in [2.05, 4.69) is 11.6 Å². The van der Waals surface area contributed by atoms with Crippen LogP contribution in [-0.4, -0.2) is 20.5 Å². The van der Waals surface area contributed by atoms with Crippen molar-refractivity contribution in [3.63, 3.8) is 0 Å². The van der Waals surface area contributed by atoms with Crippen molar-refractivity contribution in [1.82, 2.24) is 4.98 Å². The Hall–Kier alpha value is -1.36. The van der Waals surface area contributed by atoms with Gasteiger partial charge >= 0.3 is 0 Å². The number of nitrogens with zero attached hydrogens (tertiary/aromatic N) is 1. The Morgan fingerprint density at radius 2 is 2.31 bits per heavy atom. The molecule has 0 atom stereocenters. The fraction of sp³-hybridized carbons (Fsp3) is 0.125. The van der Waals surface area contributed by atoms with Gasteiger partial charge in [-0.25, -0.2) is 13.4 Å². The fourth-order valence-electron chi connectivity index (χ4n) is 0.824. The van der Waals surface area contributed by atoms with Crippen LogP contribution in [0.4, 0.5) is 0 Å². The van der Waals surface area contributed by atoms with Crippen LogP contribution in [0.2, 0.25) is 0 Å². The second-order valence-corrected chi connectivity index (χ2v) is 4.03. The van der Waals surface area contributed by atoms with Gasteiger partial charge in [-0.15, -0.1) is 0 Å². The molecule has 0 radical (unpaired) electrons. The van der Waals surface area contributed by atoms with E-state index >= 15 is 0 Å². The molecule has 0 saturated heterocycles. The average molecular weight is 199 g/mol. The lowest BCUT2D eigenvalue weighted by Gasteiger charge is -2.03. The molecule has 13 heavy (non-hydrogen) atoms. The van der Waals surface area contributed by atoms with Crippen molar-refractivity contribution in [3.8, 4) is 5.75 Å². The van der Waals surface area contributed by atoms with Gasteiger partial charge in [-0.3, -0.25) is 0 Å². The molecule has 1 rings (SSSR count). The summed E-state index contributed by atoms with van der Waals surface area (Å²) < 4.78 is 27.5. The zero-order chi connectivity index (χ0) is 9.90. The molecule has 1 aromatic rings. The van der Waals surface area contributed by atoms with Crippen LogP contribution in [0.25, 0.3) is 0 Å². The third kappa shape index (κ3) is 1.86. The number of hydrogen-bond donors (Lipinski definition) is 0. The minimum Gasteiger partial charge on any atom is -0.494 e. The molecule has 4 nitrogen and oxygen atoms in total. The van der Waals surface area contributed by atoms with E-state index in [-0.39, 0.29) is 10.8 Å². The Labute approximate surface area is 76.8 Å². The van der Waals surface area contributed by atoms with E-state index in [1.807, 2.05) is 0 Å². The highest BCUT2D eigenvalue weighted by atomic mass is 32.2. The number of hydrogen-bond acceptors (Lipinski definition) is 4. The van der Waals surface area contributed by atoms with Crippen LogP contribution in [0.3, 0.4) is 0 Å². The normalized spacial score (nSPS) is 10.8. The lowest BCUT2D eigenvalue weighted by Crippen LogP contribution is -2.01. The van der Waals surface area contributed by atoms with Crippen molar-refractivity contribution in [2.24, 2.45) is 0 Å². The van der Waals surface area contributed by atoms with Crippen molar-refractivity contribution in [1.29, 1.82) is 0 Å². The van der Waals surface area contributed by atoms with Crippen LogP contribution in [0.15, 0.2) is 35.3 Å². The van der Waals surface area contributed by atoms with E-state index < -0.39 is 9.84 Å². The van der Waals surface area contributed by atoms with E-state index in [0.29, 0.717) is 0 Å². The minimum absolute atomic E-state index is 0.104. The second kappa shape index (κ2) is 3.57. The smallest absolute Gasteiger partial charge is 0.220 e. The molecule has 0 spiro atoms. The molecule has 0 saturated carbocycles. The highest BCUT2D eigenvalue weighted by Gasteiger charge is 2.16. The zero-order valence-corrected chi connectivity index (χ0v) is 7.91. The standard InChI is InChI=1S/C8H9NO3S/c1-3-13(10,11)8-7(12-2)5-4-6-9-8/h3-6H,1H2,2H3. The molecule has 70 valence electrons. The van der Waals surface area contributed by atoms with E-state index in [9.17, 15) is 8.42 Å². The number of methoxy groups -OCH3 is 1. The van der Waals surface area contributed by atoms with Crippen LogP contribution in [0.5, 0.6) is 5.75 Å². The van der Waals surface area contributed by atoms with Gasteiger partial charge in [-0.2, -0.15) is 0 Å². The highest BCUT2D eigenvalue weighted by molar-refractivity contribution is 7.94. The first-order valence-electron chi connectivity index (χ1n) is 3.48. The van der Waals surface area contributed by atoms with Crippen molar-refractivity contribution in [3.05, 3.63) is 30.3 Å². The van der Waals surface area contributed by atoms with Crippen LogP contribution >= 0.6 is 0 Å². The third-order valence-electron chi connectivity index (χ3n) is 1.45. The monoisotopic (exact) mass is 199 g/mol. The molecule has 0 fully saturated rings. The lowest BCUT2D eigenvalue weighted by molar-refractivity contribution is 0.398. The number of pyridine rings is 1. The maximum Gasteiger partial charge on any atom is 0.220 e. The summed E-state index contributed by atoms with van der Waals surface area (Å²) in [5.41, 5.74) is 0. The molecule has 0 aromatic carbocycles. The molecule has 0 N–H and O–H groups in total. The maximum absolute atomic E-state index is 11.3. The van der Waals surface area contributed by atoms with Gasteiger partial charge in [0, 0.05) is 11.6 Å². The number of aromatic nitrogens is 1. The SMILES string of the molecule is C=CS(=O)(=O)c1ncccc1OC. The third-order valence-corrected chi connectivity index (χ3v) is 2.73. The van der Waals surface area contributed by atoms with Crippen LogP contribution in [0.1, 0.15) is 0 Å². The van der Waals surface area contributed by atoms with E-state index in [1.54, 1.807) is 6.07 Å². The number of rotatable bonds is 3. The largest absolute Gasteiger partial charge is 0.494 e. The van der Waals surface area contributed by atoms with Gasteiger partial charge in [-0.05, 0) is 12.1 Å². The van der Waals surface area contributed by atoms with Gasteiger partial charge in [0.15, 0.2) is 5.75 Å². The van der Waals surface area contributed by atoms with Gasteiger partial charge < -0.3 is 4.74 Å². The number of ether oxygens (including phenoxy) is 1. The second-order valence-electron chi connectivity index (χ2n) is 2.22. The summed E-state index contributed by atoms with van der Waals surface area (Å²) >= 11 is 0. The molecule has 1 heterocycles. The van der Waals surface area contributed by atoms with E-state index in [1.165, 1.54) is 19.4 Å². The fourth-order valence-corrected chi connectivity index (χ4v) is 1.62. The van der Waals surface area contributed by atoms with Crippen molar-refractivity contribution in [2.45, 2.75) is 5.03 Å². The first kappa shape index (κ1) is 9.73. The van der Waals surface area contributed by atoms with Crippen molar-refractivity contribution >= 4 is 9.84 Å². The van der Waals surface area contributed by atoms with Gasteiger partial charge in [-0.1, -0.05) is 6.58 Å². The molecule has 1 aromatic heterocycles. The Morgan fingerprint density at radius 3 is 2.85 bits per heavy atom. The molecular weight excluding hydrogens is 190 g/mol. The Morgan fingerprint density at radius 1 is 1.62 bits per heavy atom. The minimum atomic E-state index is -3.51. The van der Waals surface area contributed by atoms with Gasteiger partial charge in [0.2, 0.25) is 14.9 Å². The van der Waals surface area contributed by atoms with Gasteiger partial charge in [0.25, 0.3) is 0 Å². The lowest BCUT2D eigenvalue weighted by atomic mass is 10.5. The molecule has 0 unspecified atom stereocenters. The maximum atomic E-state index is 11.3. The van der Waals surface area contributed by atoms with E-state index in [4.69, 9.17) is 4.74 Å². The molecule has 0 aliphatic heterocycles. The topological polar surface area (TPSA) is 56.3 Å². The van der Waals surface area contributed by atoms with Crippen molar-refractivity contribution in [2.75, 3.05) is 7.11 Å². The number of sulfone groups is 1.